The predicted octanol–water partition coefficient (Wildman–Crippen LogP) is 4.21. The van der Waals surface area contributed by atoms with Gasteiger partial charge in [0.1, 0.15) is 0 Å². The third-order valence-electron chi connectivity index (χ3n) is 5.76. The molecule has 1 aliphatic heterocycles. The number of para-hydroxylation sites is 2. The molecule has 2 aromatic heterocycles. The normalized spacial score (nSPS) is 14.7. The van der Waals surface area contributed by atoms with E-state index in [1.54, 1.807) is 11.3 Å². The van der Waals surface area contributed by atoms with E-state index in [1.807, 2.05) is 36.0 Å². The first-order chi connectivity index (χ1) is 15.6. The molecule has 1 saturated heterocycles. The van der Waals surface area contributed by atoms with Crippen molar-refractivity contribution in [2.24, 2.45) is 0 Å². The number of carbonyl (C=O) groups is 1. The number of rotatable bonds is 8. The molecule has 1 aliphatic rings. The van der Waals surface area contributed by atoms with Gasteiger partial charge in [-0.3, -0.25) is 14.7 Å². The van der Waals surface area contributed by atoms with Gasteiger partial charge in [-0.1, -0.05) is 26.0 Å². The molecule has 32 heavy (non-hydrogen) atoms. The van der Waals surface area contributed by atoms with E-state index < -0.39 is 0 Å². The Kier molecular flexibility index (Phi) is 7.50. The summed E-state index contributed by atoms with van der Waals surface area (Å²) in [5.41, 5.74) is 4.14. The van der Waals surface area contributed by atoms with E-state index in [1.165, 1.54) is 5.56 Å². The number of pyridine rings is 1. The van der Waals surface area contributed by atoms with Crippen molar-refractivity contribution < 1.29 is 4.79 Å². The van der Waals surface area contributed by atoms with Gasteiger partial charge >= 0.3 is 0 Å². The number of thiazole rings is 1. The van der Waals surface area contributed by atoms with Crippen LogP contribution < -0.4 is 10.2 Å². The summed E-state index contributed by atoms with van der Waals surface area (Å²) in [7, 11) is 0. The topological polar surface area (TPSA) is 61.4 Å². The maximum Gasteiger partial charge on any atom is 0.230 e. The van der Waals surface area contributed by atoms with E-state index in [0.717, 1.165) is 61.2 Å². The highest BCUT2D eigenvalue weighted by atomic mass is 32.1. The Morgan fingerprint density at radius 3 is 2.56 bits per heavy atom. The molecule has 1 N–H and O–H groups in total. The Morgan fingerprint density at radius 2 is 1.84 bits per heavy atom. The van der Waals surface area contributed by atoms with Gasteiger partial charge in [0.2, 0.25) is 5.91 Å². The van der Waals surface area contributed by atoms with Crippen molar-refractivity contribution in [2.45, 2.75) is 32.6 Å². The van der Waals surface area contributed by atoms with Crippen LogP contribution in [0.3, 0.4) is 0 Å². The molecule has 0 unspecified atom stereocenters. The number of carbonyl (C=O) groups excluding carboxylic acids is 1. The van der Waals surface area contributed by atoms with Crippen LogP contribution in [0.5, 0.6) is 0 Å². The second-order valence-electron chi connectivity index (χ2n) is 8.51. The number of piperazine rings is 1. The molecule has 0 saturated carbocycles. The van der Waals surface area contributed by atoms with Gasteiger partial charge in [-0.15, -0.1) is 11.3 Å². The fourth-order valence-corrected chi connectivity index (χ4v) is 4.77. The van der Waals surface area contributed by atoms with Crippen molar-refractivity contribution >= 4 is 28.6 Å². The van der Waals surface area contributed by atoms with Gasteiger partial charge in [-0.05, 0) is 36.2 Å². The molecule has 1 amide bonds. The lowest BCUT2D eigenvalue weighted by Crippen LogP contribution is -2.47. The molecule has 1 aromatic carbocycles. The molecule has 0 spiro atoms. The van der Waals surface area contributed by atoms with Crippen LogP contribution >= 0.6 is 11.3 Å². The molecule has 4 rings (SSSR count). The van der Waals surface area contributed by atoms with Gasteiger partial charge in [-0.2, -0.15) is 0 Å². The van der Waals surface area contributed by atoms with Gasteiger partial charge in [0.25, 0.3) is 0 Å². The summed E-state index contributed by atoms with van der Waals surface area (Å²) in [6.07, 6.45) is 5.07. The number of hydrogen-bond acceptors (Lipinski definition) is 6. The molecule has 0 aliphatic carbocycles. The van der Waals surface area contributed by atoms with Gasteiger partial charge in [0, 0.05) is 56.4 Å². The van der Waals surface area contributed by atoms with Gasteiger partial charge in [-0.25, -0.2) is 4.98 Å². The minimum atomic E-state index is -0.0194. The Hall–Kier alpha value is -2.77. The number of nitrogens with one attached hydrogen (secondary N) is 1. The molecule has 3 heterocycles. The lowest BCUT2D eigenvalue weighted by molar-refractivity contribution is -0.115. The van der Waals surface area contributed by atoms with Gasteiger partial charge in [0.05, 0.1) is 28.5 Å². The van der Waals surface area contributed by atoms with Crippen LogP contribution in [0.1, 0.15) is 36.0 Å². The molecule has 7 heteroatoms. The highest BCUT2D eigenvalue weighted by Gasteiger charge is 2.20. The Bertz CT molecular complexity index is 1010. The van der Waals surface area contributed by atoms with Crippen LogP contribution in [0, 0.1) is 0 Å². The van der Waals surface area contributed by atoms with Crippen molar-refractivity contribution in [3.8, 4) is 0 Å². The van der Waals surface area contributed by atoms with E-state index in [9.17, 15) is 4.79 Å². The Morgan fingerprint density at radius 1 is 1.09 bits per heavy atom. The number of aromatic nitrogens is 2. The molecular formula is C25H31N5OS. The smallest absolute Gasteiger partial charge is 0.230 e. The summed E-state index contributed by atoms with van der Waals surface area (Å²) < 4.78 is 0. The highest BCUT2D eigenvalue weighted by molar-refractivity contribution is 7.09. The van der Waals surface area contributed by atoms with Gasteiger partial charge in [0.15, 0.2) is 0 Å². The molecule has 1 fully saturated rings. The largest absolute Gasteiger partial charge is 0.367 e. The molecule has 0 bridgehead atoms. The Balaban J connectivity index is 1.31. The van der Waals surface area contributed by atoms with E-state index in [0.29, 0.717) is 12.3 Å². The fraction of sp³-hybridized carbons (Fsp3) is 0.400. The second kappa shape index (κ2) is 10.7. The van der Waals surface area contributed by atoms with Crippen molar-refractivity contribution in [1.82, 2.24) is 14.9 Å². The van der Waals surface area contributed by atoms with Gasteiger partial charge < -0.3 is 10.2 Å². The summed E-state index contributed by atoms with van der Waals surface area (Å²) in [5, 5.41) is 6.19. The van der Waals surface area contributed by atoms with Crippen molar-refractivity contribution in [1.29, 1.82) is 0 Å². The van der Waals surface area contributed by atoms with Crippen molar-refractivity contribution in [3.63, 3.8) is 0 Å². The number of nitrogens with zero attached hydrogens (tertiary/aromatic N) is 4. The highest BCUT2D eigenvalue weighted by Crippen LogP contribution is 2.27. The molecular weight excluding hydrogens is 418 g/mol. The summed E-state index contributed by atoms with van der Waals surface area (Å²) >= 11 is 1.63. The first kappa shape index (κ1) is 22.4. The van der Waals surface area contributed by atoms with E-state index >= 15 is 0 Å². The zero-order valence-electron chi connectivity index (χ0n) is 18.8. The lowest BCUT2D eigenvalue weighted by atomic mass is 10.1. The predicted molar refractivity (Wildman–Crippen MR) is 132 cm³/mol. The molecule has 168 valence electrons. The zero-order chi connectivity index (χ0) is 22.3. The molecule has 0 atom stereocenters. The zero-order valence-corrected chi connectivity index (χ0v) is 19.6. The molecule has 6 nitrogen and oxygen atoms in total. The van der Waals surface area contributed by atoms with E-state index in [-0.39, 0.29) is 5.91 Å². The third-order valence-corrected chi connectivity index (χ3v) is 6.96. The number of amides is 1. The van der Waals surface area contributed by atoms with Crippen LogP contribution in [-0.4, -0.2) is 53.5 Å². The summed E-state index contributed by atoms with van der Waals surface area (Å²) in [4.78, 5) is 26.3. The first-order valence-corrected chi connectivity index (χ1v) is 12.2. The van der Waals surface area contributed by atoms with Crippen LogP contribution in [0.15, 0.2) is 54.2 Å². The van der Waals surface area contributed by atoms with Crippen molar-refractivity contribution in [3.05, 3.63) is 70.4 Å². The summed E-state index contributed by atoms with van der Waals surface area (Å²) in [5.74, 6) is 0.370. The first-order valence-electron chi connectivity index (χ1n) is 11.3. The maximum absolute atomic E-state index is 12.7. The molecule has 0 radical (unpaired) electrons. The van der Waals surface area contributed by atoms with Crippen LogP contribution in [0.25, 0.3) is 0 Å². The summed E-state index contributed by atoms with van der Waals surface area (Å²) in [6, 6.07) is 12.3. The van der Waals surface area contributed by atoms with Crippen LogP contribution in [0.4, 0.5) is 11.4 Å². The average Bonchev–Trinajstić information content (AvgIpc) is 3.28. The third kappa shape index (κ3) is 5.93. The number of anilines is 2. The maximum atomic E-state index is 12.7. The minimum Gasteiger partial charge on any atom is -0.367 e. The molecule has 3 aromatic rings. The standard InChI is InChI=1S/C25H31N5OS/c1-19(2)25-27-21(18-32-25)17-24(31)28-22-5-3-4-6-23(22)30-15-13-29(14-16-30)12-9-20-7-10-26-11-8-20/h3-8,10-11,18-19H,9,12-17H2,1-2H3,(H,28,31). The van der Waals surface area contributed by atoms with Crippen molar-refractivity contribution in [2.75, 3.05) is 42.9 Å². The Labute approximate surface area is 194 Å². The number of benzene rings is 1. The quantitative estimate of drug-likeness (QED) is 0.558. The second-order valence-corrected chi connectivity index (χ2v) is 9.40. The monoisotopic (exact) mass is 449 g/mol. The lowest BCUT2D eigenvalue weighted by Gasteiger charge is -2.37. The SMILES string of the molecule is CC(C)c1nc(CC(=O)Nc2ccccc2N2CCN(CCc3ccncc3)CC2)cs1. The average molecular weight is 450 g/mol. The summed E-state index contributed by atoms with van der Waals surface area (Å²) in [6.45, 7) is 9.24. The van der Waals surface area contributed by atoms with Crippen LogP contribution in [-0.2, 0) is 17.6 Å². The number of hydrogen-bond donors (Lipinski definition) is 1. The van der Waals surface area contributed by atoms with E-state index in [2.05, 4.69) is 57.1 Å². The fourth-order valence-electron chi connectivity index (χ4n) is 3.93. The minimum absolute atomic E-state index is 0.0194. The van der Waals surface area contributed by atoms with E-state index in [4.69, 9.17) is 0 Å². The van der Waals surface area contributed by atoms with Crippen LogP contribution in [0.2, 0.25) is 0 Å².